The molecule has 212 valence electrons. The van der Waals surface area contributed by atoms with Crippen LogP contribution in [-0.4, -0.2) is 72.5 Å². The van der Waals surface area contributed by atoms with Crippen LogP contribution in [0.2, 0.25) is 0 Å². The van der Waals surface area contributed by atoms with Crippen molar-refractivity contribution in [1.82, 2.24) is 4.90 Å². The number of anilines is 2. The van der Waals surface area contributed by atoms with E-state index in [0.717, 1.165) is 49.1 Å². The van der Waals surface area contributed by atoms with Gasteiger partial charge < -0.3 is 30.1 Å². The second kappa shape index (κ2) is 13.9. The van der Waals surface area contributed by atoms with Crippen molar-refractivity contribution in [3.8, 4) is 5.75 Å². The molecule has 3 aromatic carbocycles. The van der Waals surface area contributed by atoms with Gasteiger partial charge in [0.05, 0.1) is 19.2 Å². The van der Waals surface area contributed by atoms with Gasteiger partial charge in [-0.2, -0.15) is 13.2 Å². The minimum Gasteiger partial charge on any atom is -0.497 e. The van der Waals surface area contributed by atoms with E-state index < -0.39 is 18.1 Å². The molecule has 0 spiro atoms. The second-order valence-corrected chi connectivity index (χ2v) is 8.61. The maximum absolute atomic E-state index is 11.2. The molecule has 1 aliphatic rings. The number of methoxy groups -OCH3 is 1. The Bertz CT molecular complexity index is 1280. The van der Waals surface area contributed by atoms with E-state index in [-0.39, 0.29) is 5.56 Å². The van der Waals surface area contributed by atoms with Crippen LogP contribution in [0.15, 0.2) is 83.9 Å². The van der Waals surface area contributed by atoms with Crippen LogP contribution in [0, 0.1) is 0 Å². The highest BCUT2D eigenvalue weighted by Crippen LogP contribution is 2.21. The molecule has 0 radical (unpaired) electrons. The lowest BCUT2D eigenvalue weighted by Gasteiger charge is -2.37. The summed E-state index contributed by atoms with van der Waals surface area (Å²) in [4.78, 5) is 29.5. The van der Waals surface area contributed by atoms with Gasteiger partial charge in [0.1, 0.15) is 5.75 Å². The zero-order valence-corrected chi connectivity index (χ0v) is 21.6. The van der Waals surface area contributed by atoms with E-state index in [2.05, 4.69) is 39.4 Å². The maximum Gasteiger partial charge on any atom is 0.490 e. The number of carbonyl (C=O) groups is 2. The quantitative estimate of drug-likeness (QED) is 0.292. The van der Waals surface area contributed by atoms with Crippen LogP contribution in [0.4, 0.5) is 24.5 Å². The predicted octanol–water partition coefficient (Wildman–Crippen LogP) is 4.82. The van der Waals surface area contributed by atoms with Crippen LogP contribution < -0.4 is 15.0 Å². The van der Waals surface area contributed by atoms with Gasteiger partial charge >= 0.3 is 18.1 Å². The number of nitrogens with one attached hydrogen (secondary N) is 1. The third-order valence-electron chi connectivity index (χ3n) is 5.90. The predicted molar refractivity (Wildman–Crippen MR) is 145 cm³/mol. The molecule has 0 amide bonds. The number of rotatable bonds is 6. The molecule has 12 heteroatoms. The van der Waals surface area contributed by atoms with Crippen molar-refractivity contribution in [2.24, 2.45) is 4.99 Å². The zero-order valence-electron chi connectivity index (χ0n) is 21.6. The molecule has 0 bridgehead atoms. The molecule has 0 unspecified atom stereocenters. The number of aliphatic carboxylic acids is 1. The first-order valence-corrected chi connectivity index (χ1v) is 12.2. The summed E-state index contributed by atoms with van der Waals surface area (Å²) in [5.74, 6) is -2.05. The molecular formula is C28H29F3N4O5. The normalized spacial score (nSPS) is 13.7. The SMILES string of the molecule is COc1ccc(N2CCN(C(=NCc3ccccc3)Nc3ccc(C(=O)O)cc3)CC2)cc1.O=C(O)C(F)(F)F. The van der Waals surface area contributed by atoms with Crippen molar-refractivity contribution in [2.45, 2.75) is 12.7 Å². The lowest BCUT2D eigenvalue weighted by Crippen LogP contribution is -2.50. The number of guanidine groups is 1. The Labute approximate surface area is 229 Å². The van der Waals surface area contributed by atoms with Gasteiger partial charge in [-0.25, -0.2) is 14.6 Å². The Balaban J connectivity index is 0.000000559. The van der Waals surface area contributed by atoms with Crippen molar-refractivity contribution in [3.63, 3.8) is 0 Å². The van der Waals surface area contributed by atoms with Crippen LogP contribution >= 0.6 is 0 Å². The maximum atomic E-state index is 11.2. The van der Waals surface area contributed by atoms with Crippen LogP contribution in [0.25, 0.3) is 0 Å². The summed E-state index contributed by atoms with van der Waals surface area (Å²) in [6.07, 6.45) is -5.08. The number of benzene rings is 3. The number of carboxylic acid groups (broad SMARTS) is 2. The topological polar surface area (TPSA) is 115 Å². The highest BCUT2D eigenvalue weighted by atomic mass is 19.4. The molecule has 1 aliphatic heterocycles. The van der Waals surface area contributed by atoms with Crippen LogP contribution in [0.1, 0.15) is 15.9 Å². The molecule has 3 N–H and O–H groups in total. The van der Waals surface area contributed by atoms with Gasteiger partial charge in [0, 0.05) is 37.6 Å². The number of aliphatic imine (C=N–C) groups is 1. The molecule has 0 aromatic heterocycles. The van der Waals surface area contributed by atoms with Crippen LogP contribution in [0.5, 0.6) is 5.75 Å². The van der Waals surface area contributed by atoms with E-state index in [1.54, 1.807) is 31.4 Å². The van der Waals surface area contributed by atoms with E-state index in [4.69, 9.17) is 24.7 Å². The number of carboxylic acids is 2. The van der Waals surface area contributed by atoms with Gasteiger partial charge in [0.15, 0.2) is 5.96 Å². The molecule has 0 atom stereocenters. The fourth-order valence-corrected chi connectivity index (χ4v) is 3.76. The molecule has 4 rings (SSSR count). The Kier molecular flexibility index (Phi) is 10.3. The standard InChI is InChI=1S/C26H28N4O3.C2HF3O2/c1-33-24-13-11-23(12-14-24)29-15-17-30(18-16-29)26(27-19-20-5-3-2-4-6-20)28-22-9-7-21(8-10-22)25(31)32;3-2(4,5)1(6)7/h2-14H,15-19H2,1H3,(H,27,28)(H,31,32);(H,6,7). The summed E-state index contributed by atoms with van der Waals surface area (Å²) in [5, 5.41) is 19.7. The Morgan fingerprint density at radius 2 is 1.48 bits per heavy atom. The number of piperazine rings is 1. The molecule has 3 aromatic rings. The number of nitrogens with zero attached hydrogens (tertiary/aromatic N) is 3. The summed E-state index contributed by atoms with van der Waals surface area (Å²) in [7, 11) is 1.67. The first-order valence-electron chi connectivity index (χ1n) is 12.2. The van der Waals surface area contributed by atoms with Crippen molar-refractivity contribution in [3.05, 3.63) is 90.0 Å². The fraction of sp³-hybridized carbons (Fsp3) is 0.250. The first kappa shape index (κ1) is 29.8. The Hall–Kier alpha value is -4.74. The van der Waals surface area contributed by atoms with Gasteiger partial charge in [0.25, 0.3) is 0 Å². The van der Waals surface area contributed by atoms with Crippen molar-refractivity contribution in [2.75, 3.05) is 43.5 Å². The van der Waals surface area contributed by atoms with Crippen LogP contribution in [-0.2, 0) is 11.3 Å². The first-order chi connectivity index (χ1) is 19.1. The molecule has 40 heavy (non-hydrogen) atoms. The molecule has 1 fully saturated rings. The zero-order chi connectivity index (χ0) is 29.1. The third kappa shape index (κ3) is 8.93. The number of halogens is 3. The highest BCUT2D eigenvalue weighted by Gasteiger charge is 2.38. The molecule has 0 aliphatic carbocycles. The minimum atomic E-state index is -5.08. The summed E-state index contributed by atoms with van der Waals surface area (Å²) in [6, 6.07) is 25.0. The van der Waals surface area contributed by atoms with Crippen LogP contribution in [0.3, 0.4) is 0 Å². The van der Waals surface area contributed by atoms with E-state index in [9.17, 15) is 18.0 Å². The summed E-state index contributed by atoms with van der Waals surface area (Å²) in [6.45, 7) is 3.95. The summed E-state index contributed by atoms with van der Waals surface area (Å²) in [5.41, 5.74) is 3.38. The average molecular weight is 559 g/mol. The third-order valence-corrected chi connectivity index (χ3v) is 5.90. The van der Waals surface area contributed by atoms with Crippen molar-refractivity contribution >= 4 is 29.3 Å². The van der Waals surface area contributed by atoms with Gasteiger partial charge in [-0.3, -0.25) is 0 Å². The summed E-state index contributed by atoms with van der Waals surface area (Å²) < 4.78 is 37.0. The minimum absolute atomic E-state index is 0.261. The van der Waals surface area contributed by atoms with Gasteiger partial charge in [-0.1, -0.05) is 30.3 Å². The molecular weight excluding hydrogens is 529 g/mol. The van der Waals surface area contributed by atoms with E-state index in [1.807, 2.05) is 30.3 Å². The average Bonchev–Trinajstić information content (AvgIpc) is 2.96. The number of ether oxygens (including phenoxy) is 1. The Morgan fingerprint density at radius 1 is 0.900 bits per heavy atom. The lowest BCUT2D eigenvalue weighted by molar-refractivity contribution is -0.192. The van der Waals surface area contributed by atoms with Gasteiger partial charge in [0.2, 0.25) is 0 Å². The number of aromatic carboxylic acids is 1. The fourth-order valence-electron chi connectivity index (χ4n) is 3.76. The van der Waals surface area contributed by atoms with Gasteiger partial charge in [-0.05, 0) is 54.1 Å². The van der Waals surface area contributed by atoms with Crippen molar-refractivity contribution < 1.29 is 37.7 Å². The number of hydrogen-bond donors (Lipinski definition) is 3. The monoisotopic (exact) mass is 558 g/mol. The van der Waals surface area contributed by atoms with Gasteiger partial charge in [-0.15, -0.1) is 0 Å². The second-order valence-electron chi connectivity index (χ2n) is 8.61. The molecule has 1 saturated heterocycles. The molecule has 1 heterocycles. The largest absolute Gasteiger partial charge is 0.497 e. The smallest absolute Gasteiger partial charge is 0.490 e. The van der Waals surface area contributed by atoms with E-state index in [1.165, 1.54) is 5.69 Å². The van der Waals surface area contributed by atoms with E-state index in [0.29, 0.717) is 6.54 Å². The Morgan fingerprint density at radius 3 is 1.98 bits per heavy atom. The molecule has 9 nitrogen and oxygen atoms in total. The van der Waals surface area contributed by atoms with Crippen molar-refractivity contribution in [1.29, 1.82) is 0 Å². The van der Waals surface area contributed by atoms with E-state index >= 15 is 0 Å². The number of alkyl halides is 3. The molecule has 0 saturated carbocycles. The lowest BCUT2D eigenvalue weighted by atomic mass is 10.2. The number of hydrogen-bond acceptors (Lipinski definition) is 5. The summed E-state index contributed by atoms with van der Waals surface area (Å²) >= 11 is 0. The highest BCUT2D eigenvalue weighted by molar-refractivity contribution is 5.95.